The summed E-state index contributed by atoms with van der Waals surface area (Å²) in [5, 5.41) is 3.68. The second-order valence-electron chi connectivity index (χ2n) is 3.36. The van der Waals surface area contributed by atoms with Crippen LogP contribution in [0.3, 0.4) is 0 Å². The summed E-state index contributed by atoms with van der Waals surface area (Å²) in [6.07, 6.45) is -4.00. The molecule has 0 aliphatic rings. The third kappa shape index (κ3) is 2.08. The standard InChI is InChI=1S/C10H7F3N2O2/c1-15-9(10(11,12)13)4-7(14-15)8-3-2-6(5-16)17-8/h2-5H,1H3. The summed E-state index contributed by atoms with van der Waals surface area (Å²) < 4.78 is 43.2. The lowest BCUT2D eigenvalue weighted by molar-refractivity contribution is -0.143. The number of rotatable bonds is 2. The highest BCUT2D eigenvalue weighted by atomic mass is 19.4. The van der Waals surface area contributed by atoms with Crippen molar-refractivity contribution in [2.75, 3.05) is 0 Å². The van der Waals surface area contributed by atoms with Gasteiger partial charge in [0, 0.05) is 7.05 Å². The average Bonchev–Trinajstić information content (AvgIpc) is 2.81. The fourth-order valence-corrected chi connectivity index (χ4v) is 1.41. The van der Waals surface area contributed by atoms with Crippen LogP contribution in [0.2, 0.25) is 0 Å². The maximum atomic E-state index is 12.5. The van der Waals surface area contributed by atoms with Gasteiger partial charge < -0.3 is 4.42 Å². The first-order valence-electron chi connectivity index (χ1n) is 4.58. The molecule has 0 bridgehead atoms. The van der Waals surface area contributed by atoms with E-state index >= 15 is 0 Å². The van der Waals surface area contributed by atoms with E-state index in [2.05, 4.69) is 5.10 Å². The van der Waals surface area contributed by atoms with Crippen molar-refractivity contribution >= 4 is 6.29 Å². The van der Waals surface area contributed by atoms with E-state index in [1.807, 2.05) is 0 Å². The van der Waals surface area contributed by atoms with Crippen molar-refractivity contribution < 1.29 is 22.4 Å². The predicted molar refractivity (Wildman–Crippen MR) is 51.3 cm³/mol. The average molecular weight is 244 g/mol. The van der Waals surface area contributed by atoms with Gasteiger partial charge in [0.2, 0.25) is 0 Å². The monoisotopic (exact) mass is 244 g/mol. The molecule has 2 rings (SSSR count). The van der Waals surface area contributed by atoms with E-state index in [4.69, 9.17) is 4.42 Å². The number of furan rings is 1. The first-order chi connectivity index (χ1) is 7.91. The quantitative estimate of drug-likeness (QED) is 0.762. The molecule has 4 nitrogen and oxygen atoms in total. The lowest BCUT2D eigenvalue weighted by atomic mass is 10.3. The second kappa shape index (κ2) is 3.76. The Hall–Kier alpha value is -2.05. The van der Waals surface area contributed by atoms with Gasteiger partial charge in [-0.1, -0.05) is 0 Å². The molecule has 0 unspecified atom stereocenters. The number of carbonyl (C=O) groups is 1. The van der Waals surface area contributed by atoms with E-state index in [-0.39, 0.29) is 17.2 Å². The minimum atomic E-state index is -4.47. The van der Waals surface area contributed by atoms with Gasteiger partial charge >= 0.3 is 6.18 Å². The molecule has 0 aliphatic heterocycles. The molecule has 2 aromatic heterocycles. The SMILES string of the molecule is Cn1nc(-c2ccc(C=O)o2)cc1C(F)(F)F. The summed E-state index contributed by atoms with van der Waals surface area (Å²) in [6.45, 7) is 0. The summed E-state index contributed by atoms with van der Waals surface area (Å²) in [4.78, 5) is 10.4. The fourth-order valence-electron chi connectivity index (χ4n) is 1.41. The van der Waals surface area contributed by atoms with Crippen LogP contribution in [-0.4, -0.2) is 16.1 Å². The smallest absolute Gasteiger partial charge is 0.433 e. The largest absolute Gasteiger partial charge is 0.452 e. The normalized spacial score (nSPS) is 11.8. The summed E-state index contributed by atoms with van der Waals surface area (Å²) >= 11 is 0. The van der Waals surface area contributed by atoms with Crippen LogP contribution in [0, 0.1) is 0 Å². The van der Waals surface area contributed by atoms with Gasteiger partial charge in [0.1, 0.15) is 11.4 Å². The lowest BCUT2D eigenvalue weighted by Crippen LogP contribution is -2.11. The van der Waals surface area contributed by atoms with Gasteiger partial charge in [0.25, 0.3) is 0 Å². The zero-order valence-electron chi connectivity index (χ0n) is 8.65. The van der Waals surface area contributed by atoms with Gasteiger partial charge in [-0.15, -0.1) is 0 Å². The number of hydrogen-bond donors (Lipinski definition) is 0. The molecule has 0 saturated carbocycles. The number of halogens is 3. The summed E-state index contributed by atoms with van der Waals surface area (Å²) in [5.74, 6) is 0.164. The molecule has 0 radical (unpaired) electrons. The Morgan fingerprint density at radius 1 is 1.41 bits per heavy atom. The van der Waals surface area contributed by atoms with Gasteiger partial charge in [-0.05, 0) is 18.2 Å². The maximum Gasteiger partial charge on any atom is 0.433 e. The Balaban J connectivity index is 2.44. The Morgan fingerprint density at radius 2 is 2.12 bits per heavy atom. The van der Waals surface area contributed by atoms with Crippen LogP contribution in [0.5, 0.6) is 0 Å². The van der Waals surface area contributed by atoms with Gasteiger partial charge in [-0.2, -0.15) is 18.3 Å². The number of alkyl halides is 3. The van der Waals surface area contributed by atoms with E-state index in [0.717, 1.165) is 10.7 Å². The van der Waals surface area contributed by atoms with E-state index < -0.39 is 11.9 Å². The summed E-state index contributed by atoms with van der Waals surface area (Å²) in [6, 6.07) is 3.63. The van der Waals surface area contributed by atoms with Gasteiger partial charge in [0.15, 0.2) is 17.8 Å². The Kier molecular flexibility index (Phi) is 2.53. The number of aromatic nitrogens is 2. The molecule has 0 atom stereocenters. The van der Waals surface area contributed by atoms with Gasteiger partial charge in [-0.25, -0.2) is 0 Å². The second-order valence-corrected chi connectivity index (χ2v) is 3.36. The van der Waals surface area contributed by atoms with Crippen molar-refractivity contribution in [1.29, 1.82) is 0 Å². The first kappa shape index (κ1) is 11.4. The highest BCUT2D eigenvalue weighted by molar-refractivity contribution is 5.72. The van der Waals surface area contributed by atoms with Crippen molar-refractivity contribution in [3.8, 4) is 11.5 Å². The van der Waals surface area contributed by atoms with E-state index in [1.165, 1.54) is 19.2 Å². The Bertz CT molecular complexity index is 554. The van der Waals surface area contributed by atoms with Crippen LogP contribution in [0.15, 0.2) is 22.6 Å². The van der Waals surface area contributed by atoms with Gasteiger partial charge in [0.05, 0.1) is 0 Å². The molecular formula is C10H7F3N2O2. The van der Waals surface area contributed by atoms with E-state index in [9.17, 15) is 18.0 Å². The number of hydrogen-bond acceptors (Lipinski definition) is 3. The van der Waals surface area contributed by atoms with Crippen LogP contribution in [0.1, 0.15) is 16.2 Å². The fraction of sp³-hybridized carbons (Fsp3) is 0.200. The van der Waals surface area contributed by atoms with Gasteiger partial charge in [-0.3, -0.25) is 9.48 Å². The molecule has 0 N–H and O–H groups in total. The molecule has 0 spiro atoms. The molecule has 90 valence electrons. The summed E-state index contributed by atoms with van der Waals surface area (Å²) in [5.41, 5.74) is -0.843. The van der Waals surface area contributed by atoms with Crippen molar-refractivity contribution in [3.63, 3.8) is 0 Å². The van der Waals surface area contributed by atoms with Crippen molar-refractivity contribution in [3.05, 3.63) is 29.7 Å². The first-order valence-corrected chi connectivity index (χ1v) is 4.58. The number of aryl methyl sites for hydroxylation is 1. The van der Waals surface area contributed by atoms with E-state index in [0.29, 0.717) is 6.29 Å². The molecule has 0 amide bonds. The van der Waals surface area contributed by atoms with Crippen LogP contribution in [-0.2, 0) is 13.2 Å². The highest BCUT2D eigenvalue weighted by Crippen LogP contribution is 2.32. The van der Waals surface area contributed by atoms with Crippen molar-refractivity contribution in [1.82, 2.24) is 9.78 Å². The van der Waals surface area contributed by atoms with E-state index in [1.54, 1.807) is 0 Å². The number of aldehydes is 1. The van der Waals surface area contributed by atoms with Crippen LogP contribution >= 0.6 is 0 Å². The van der Waals surface area contributed by atoms with Crippen LogP contribution in [0.25, 0.3) is 11.5 Å². The Morgan fingerprint density at radius 3 is 2.59 bits per heavy atom. The van der Waals surface area contributed by atoms with Crippen molar-refractivity contribution in [2.24, 2.45) is 7.05 Å². The third-order valence-electron chi connectivity index (χ3n) is 2.17. The molecule has 2 aromatic rings. The molecule has 0 aromatic carbocycles. The zero-order valence-corrected chi connectivity index (χ0v) is 8.65. The zero-order chi connectivity index (χ0) is 12.6. The summed E-state index contributed by atoms with van der Waals surface area (Å²) in [7, 11) is 1.19. The Labute approximate surface area is 93.6 Å². The minimum absolute atomic E-state index is 0.0351. The molecule has 2 heterocycles. The number of nitrogens with zero attached hydrogens (tertiary/aromatic N) is 2. The molecular weight excluding hydrogens is 237 g/mol. The van der Waals surface area contributed by atoms with Crippen molar-refractivity contribution in [2.45, 2.75) is 6.18 Å². The highest BCUT2D eigenvalue weighted by Gasteiger charge is 2.35. The lowest BCUT2D eigenvalue weighted by Gasteiger charge is -2.04. The molecule has 0 fully saturated rings. The molecule has 0 aliphatic carbocycles. The maximum absolute atomic E-state index is 12.5. The molecule has 0 saturated heterocycles. The minimum Gasteiger partial charge on any atom is -0.452 e. The molecule has 17 heavy (non-hydrogen) atoms. The van der Waals surface area contributed by atoms with Crippen LogP contribution < -0.4 is 0 Å². The van der Waals surface area contributed by atoms with Crippen LogP contribution in [0.4, 0.5) is 13.2 Å². The predicted octanol–water partition coefficient (Wildman–Crippen LogP) is 2.51. The number of carbonyl (C=O) groups excluding carboxylic acids is 1. The molecule has 7 heteroatoms. The third-order valence-corrected chi connectivity index (χ3v) is 2.17. The topological polar surface area (TPSA) is 48.0 Å².